The van der Waals surface area contributed by atoms with Crippen LogP contribution in [0.3, 0.4) is 0 Å². The van der Waals surface area contributed by atoms with Crippen LogP contribution < -0.4 is 10.6 Å². The van der Waals surface area contributed by atoms with Gasteiger partial charge in [-0.2, -0.15) is 0 Å². The summed E-state index contributed by atoms with van der Waals surface area (Å²) in [6, 6.07) is 2.89. The molecule has 11 nitrogen and oxygen atoms in total. The third kappa shape index (κ3) is 7.08. The Kier molecular flexibility index (Phi) is 8.86. The minimum atomic E-state index is -1.40. The SMILES string of the molecule is COC(=O)CNC(=O)C(c1ccccc1O)N(C(=O)C(CO)NC(=O)OC(C)(C)C)C1CC1C. The first-order valence-corrected chi connectivity index (χ1v) is 10.9. The summed E-state index contributed by atoms with van der Waals surface area (Å²) in [6.45, 7) is 5.66. The van der Waals surface area contributed by atoms with Crippen LogP contribution in [0.1, 0.15) is 45.7 Å². The number of para-hydroxylation sites is 1. The summed E-state index contributed by atoms with van der Waals surface area (Å²) in [5, 5.41) is 25.1. The predicted molar refractivity (Wildman–Crippen MR) is 121 cm³/mol. The zero-order chi connectivity index (χ0) is 25.6. The molecule has 1 aromatic carbocycles. The fraction of sp³-hybridized carbons (Fsp3) is 0.565. The molecule has 1 aromatic rings. The lowest BCUT2D eigenvalue weighted by molar-refractivity contribution is -0.145. The number of esters is 1. The number of methoxy groups -OCH3 is 1. The Balaban J connectivity index is 2.42. The maximum atomic E-state index is 13.6. The number of hydrogen-bond acceptors (Lipinski definition) is 8. The molecule has 188 valence electrons. The number of nitrogens with one attached hydrogen (secondary N) is 2. The summed E-state index contributed by atoms with van der Waals surface area (Å²) in [7, 11) is 1.17. The number of aliphatic hydroxyl groups excluding tert-OH is 1. The first-order chi connectivity index (χ1) is 15.9. The largest absolute Gasteiger partial charge is 0.508 e. The monoisotopic (exact) mass is 479 g/mol. The van der Waals surface area contributed by atoms with E-state index in [0.29, 0.717) is 6.42 Å². The van der Waals surface area contributed by atoms with E-state index in [0.717, 1.165) is 0 Å². The highest BCUT2D eigenvalue weighted by molar-refractivity contribution is 5.94. The summed E-state index contributed by atoms with van der Waals surface area (Å²) in [4.78, 5) is 51.9. The lowest BCUT2D eigenvalue weighted by Crippen LogP contribution is -2.55. The maximum Gasteiger partial charge on any atom is 0.408 e. The lowest BCUT2D eigenvalue weighted by atomic mass is 10.0. The fourth-order valence-corrected chi connectivity index (χ4v) is 3.45. The number of aromatic hydroxyl groups is 1. The van der Waals surface area contributed by atoms with E-state index >= 15 is 0 Å². The van der Waals surface area contributed by atoms with Crippen molar-refractivity contribution in [1.29, 1.82) is 0 Å². The molecule has 0 saturated heterocycles. The van der Waals surface area contributed by atoms with Crippen molar-refractivity contribution in [2.24, 2.45) is 5.92 Å². The fourth-order valence-electron chi connectivity index (χ4n) is 3.45. The van der Waals surface area contributed by atoms with Crippen molar-refractivity contribution in [3.05, 3.63) is 29.8 Å². The number of amides is 3. The molecular formula is C23H33N3O8. The molecular weight excluding hydrogens is 446 g/mol. The van der Waals surface area contributed by atoms with Crippen LogP contribution in [0, 0.1) is 5.92 Å². The van der Waals surface area contributed by atoms with Gasteiger partial charge in [-0.15, -0.1) is 0 Å². The minimum absolute atomic E-state index is 0.0339. The molecule has 4 N–H and O–H groups in total. The molecule has 1 saturated carbocycles. The third-order valence-corrected chi connectivity index (χ3v) is 5.24. The van der Waals surface area contributed by atoms with E-state index in [1.54, 1.807) is 32.9 Å². The summed E-state index contributed by atoms with van der Waals surface area (Å²) in [6.07, 6.45) is -0.331. The molecule has 3 amide bonds. The van der Waals surface area contributed by atoms with E-state index in [4.69, 9.17) is 4.74 Å². The summed E-state index contributed by atoms with van der Waals surface area (Å²) >= 11 is 0. The Morgan fingerprint density at radius 2 is 1.82 bits per heavy atom. The molecule has 1 fully saturated rings. The molecule has 0 spiro atoms. The van der Waals surface area contributed by atoms with Gasteiger partial charge in [0, 0.05) is 11.6 Å². The van der Waals surface area contributed by atoms with Crippen molar-refractivity contribution >= 4 is 23.9 Å². The molecule has 0 aromatic heterocycles. The molecule has 2 rings (SSSR count). The van der Waals surface area contributed by atoms with Crippen LogP contribution in [0.25, 0.3) is 0 Å². The van der Waals surface area contributed by atoms with Crippen molar-refractivity contribution in [3.63, 3.8) is 0 Å². The van der Waals surface area contributed by atoms with E-state index in [-0.39, 0.29) is 17.2 Å². The van der Waals surface area contributed by atoms with Gasteiger partial charge < -0.3 is 35.2 Å². The standard InChI is InChI=1S/C23H33N3O8/c1-13-10-16(13)26(21(31)15(12-27)25-22(32)34-23(2,3)4)19(14-8-6-7-9-17(14)28)20(30)24-11-18(29)33-5/h6-9,13,15-16,19,27-28H,10-12H2,1-5H3,(H,24,30)(H,25,32). The number of hydrogen-bond donors (Lipinski definition) is 4. The van der Waals surface area contributed by atoms with Crippen LogP contribution in [-0.2, 0) is 23.9 Å². The van der Waals surface area contributed by atoms with Crippen molar-refractivity contribution in [2.75, 3.05) is 20.3 Å². The molecule has 4 unspecified atom stereocenters. The van der Waals surface area contributed by atoms with E-state index in [9.17, 15) is 29.4 Å². The van der Waals surface area contributed by atoms with Gasteiger partial charge in [-0.05, 0) is 39.2 Å². The number of nitrogens with zero attached hydrogens (tertiary/aromatic N) is 1. The highest BCUT2D eigenvalue weighted by atomic mass is 16.6. The second kappa shape index (κ2) is 11.2. The van der Waals surface area contributed by atoms with Crippen LogP contribution in [0.15, 0.2) is 24.3 Å². The number of aliphatic hydroxyl groups is 1. The average molecular weight is 480 g/mol. The van der Waals surface area contributed by atoms with Gasteiger partial charge in [0.05, 0.1) is 13.7 Å². The summed E-state index contributed by atoms with van der Waals surface area (Å²) in [5.41, 5.74) is -0.699. The zero-order valence-corrected chi connectivity index (χ0v) is 20.0. The predicted octanol–water partition coefficient (Wildman–Crippen LogP) is 0.845. The number of rotatable bonds is 9. The first kappa shape index (κ1) is 26.9. The van der Waals surface area contributed by atoms with Gasteiger partial charge in [0.15, 0.2) is 0 Å². The maximum absolute atomic E-state index is 13.6. The number of carbonyl (C=O) groups excluding carboxylic acids is 4. The van der Waals surface area contributed by atoms with Crippen LogP contribution in [0.4, 0.5) is 4.79 Å². The van der Waals surface area contributed by atoms with E-state index < -0.39 is 60.8 Å². The molecule has 1 aliphatic rings. The molecule has 0 heterocycles. The number of carbonyl (C=O) groups is 4. The van der Waals surface area contributed by atoms with Gasteiger partial charge in [-0.3, -0.25) is 14.4 Å². The first-order valence-electron chi connectivity index (χ1n) is 10.9. The highest BCUT2D eigenvalue weighted by Gasteiger charge is 2.48. The van der Waals surface area contributed by atoms with Gasteiger partial charge in [0.25, 0.3) is 0 Å². The van der Waals surface area contributed by atoms with Crippen molar-refractivity contribution in [1.82, 2.24) is 15.5 Å². The molecule has 34 heavy (non-hydrogen) atoms. The van der Waals surface area contributed by atoms with Crippen LogP contribution in [0.5, 0.6) is 5.75 Å². The number of phenols is 1. The Hall–Kier alpha value is -3.34. The molecule has 4 atom stereocenters. The summed E-state index contributed by atoms with van der Waals surface area (Å²) < 4.78 is 9.74. The molecule has 0 radical (unpaired) electrons. The van der Waals surface area contributed by atoms with Crippen LogP contribution in [0.2, 0.25) is 0 Å². The van der Waals surface area contributed by atoms with Gasteiger partial charge in [-0.1, -0.05) is 25.1 Å². The van der Waals surface area contributed by atoms with Crippen LogP contribution >= 0.6 is 0 Å². The molecule has 11 heteroatoms. The van der Waals surface area contributed by atoms with Crippen molar-refractivity contribution in [3.8, 4) is 5.75 Å². The second-order valence-electron chi connectivity index (χ2n) is 9.16. The Labute approximate surface area is 198 Å². The molecule has 0 bridgehead atoms. The smallest absolute Gasteiger partial charge is 0.408 e. The summed E-state index contributed by atoms with van der Waals surface area (Å²) in [5.74, 6) is -2.35. The highest BCUT2D eigenvalue weighted by Crippen LogP contribution is 2.42. The minimum Gasteiger partial charge on any atom is -0.508 e. The Bertz CT molecular complexity index is 914. The number of alkyl carbamates (subject to hydrolysis) is 1. The number of ether oxygens (including phenoxy) is 2. The molecule has 1 aliphatic carbocycles. The second-order valence-corrected chi connectivity index (χ2v) is 9.16. The van der Waals surface area contributed by atoms with E-state index in [2.05, 4.69) is 15.4 Å². The van der Waals surface area contributed by atoms with E-state index in [1.807, 2.05) is 6.92 Å². The van der Waals surface area contributed by atoms with E-state index in [1.165, 1.54) is 24.1 Å². The zero-order valence-electron chi connectivity index (χ0n) is 20.0. The normalized spacial score (nSPS) is 18.8. The van der Waals surface area contributed by atoms with Gasteiger partial charge >= 0.3 is 12.1 Å². The van der Waals surface area contributed by atoms with Crippen molar-refractivity contribution < 1.29 is 38.9 Å². The topological polar surface area (TPSA) is 154 Å². The molecule has 0 aliphatic heterocycles. The third-order valence-electron chi connectivity index (χ3n) is 5.24. The van der Waals surface area contributed by atoms with Gasteiger partial charge in [0.1, 0.15) is 30.0 Å². The van der Waals surface area contributed by atoms with Crippen molar-refractivity contribution in [2.45, 2.75) is 57.8 Å². The average Bonchev–Trinajstić information content (AvgIpc) is 3.48. The Morgan fingerprint density at radius 3 is 2.32 bits per heavy atom. The van der Waals surface area contributed by atoms with Gasteiger partial charge in [-0.25, -0.2) is 4.79 Å². The van der Waals surface area contributed by atoms with Gasteiger partial charge in [0.2, 0.25) is 11.8 Å². The number of benzene rings is 1. The lowest BCUT2D eigenvalue weighted by Gasteiger charge is -2.34. The number of phenolic OH excluding ortho intramolecular Hbond substituents is 1. The van der Waals surface area contributed by atoms with Crippen LogP contribution in [-0.4, -0.2) is 76.9 Å². The quantitative estimate of drug-likeness (QED) is 0.380. The Morgan fingerprint density at radius 1 is 1.21 bits per heavy atom.